The predicted octanol–water partition coefficient (Wildman–Crippen LogP) is 1.97. The number of sulfone groups is 1. The van der Waals surface area contributed by atoms with Gasteiger partial charge in [-0.3, -0.25) is 4.99 Å². The fourth-order valence-electron chi connectivity index (χ4n) is 4.03. The minimum atomic E-state index is -3.45. The molecule has 1 aliphatic heterocycles. The van der Waals surface area contributed by atoms with Crippen molar-refractivity contribution in [2.24, 2.45) is 16.8 Å². The third-order valence-electron chi connectivity index (χ3n) is 5.28. The second kappa shape index (κ2) is 8.71. The zero-order valence-electron chi connectivity index (χ0n) is 15.3. The first-order valence-corrected chi connectivity index (χ1v) is 12.0. The number of nitrogens with one attached hydrogen (secondary N) is 1. The molecule has 1 aliphatic carbocycles. The Labute approximate surface area is 160 Å². The molecule has 26 heavy (non-hydrogen) atoms. The van der Waals surface area contributed by atoms with Crippen LogP contribution in [-0.2, 0) is 9.84 Å². The van der Waals surface area contributed by atoms with Crippen molar-refractivity contribution in [2.75, 3.05) is 31.9 Å². The Kier molecular flexibility index (Phi) is 6.58. The monoisotopic (exact) mass is 399 g/mol. The topological polar surface area (TPSA) is 82.0 Å². The van der Waals surface area contributed by atoms with Gasteiger partial charge in [-0.05, 0) is 43.0 Å². The summed E-state index contributed by atoms with van der Waals surface area (Å²) in [4.78, 5) is 6.82. The van der Waals surface area contributed by atoms with Gasteiger partial charge in [0.25, 0.3) is 0 Å². The van der Waals surface area contributed by atoms with E-state index in [1.54, 1.807) is 17.5 Å². The molecule has 0 radical (unpaired) electrons. The highest BCUT2D eigenvalue weighted by molar-refractivity contribution is 7.93. The maximum atomic E-state index is 12.3. The van der Waals surface area contributed by atoms with Crippen molar-refractivity contribution < 1.29 is 13.5 Å². The fourth-order valence-corrected chi connectivity index (χ4v) is 6.49. The number of hydrogen-bond acceptors (Lipinski definition) is 5. The average Bonchev–Trinajstić information content (AvgIpc) is 3.27. The van der Waals surface area contributed by atoms with Crippen molar-refractivity contribution in [2.45, 2.75) is 42.9 Å². The highest BCUT2D eigenvalue weighted by Crippen LogP contribution is 2.35. The number of nitrogens with zero attached hydrogens (tertiary/aromatic N) is 2. The summed E-state index contributed by atoms with van der Waals surface area (Å²) < 4.78 is 24.9. The summed E-state index contributed by atoms with van der Waals surface area (Å²) in [6, 6.07) is 3.28. The van der Waals surface area contributed by atoms with Crippen LogP contribution in [0.1, 0.15) is 32.6 Å². The molecule has 146 valence electrons. The number of guanidine groups is 1. The minimum absolute atomic E-state index is 0.0960. The van der Waals surface area contributed by atoms with E-state index < -0.39 is 15.9 Å². The zero-order chi connectivity index (χ0) is 18.6. The molecule has 3 unspecified atom stereocenters. The molecule has 2 heterocycles. The molecule has 0 aromatic carbocycles. The van der Waals surface area contributed by atoms with Crippen molar-refractivity contribution in [3.8, 4) is 0 Å². The second-order valence-electron chi connectivity index (χ2n) is 7.27. The van der Waals surface area contributed by atoms with E-state index >= 15 is 0 Å². The van der Waals surface area contributed by atoms with Crippen LogP contribution in [0.15, 0.2) is 26.7 Å². The highest BCUT2D eigenvalue weighted by Gasteiger charge is 2.35. The molecule has 2 fully saturated rings. The summed E-state index contributed by atoms with van der Waals surface area (Å²) in [7, 11) is -3.45. The van der Waals surface area contributed by atoms with Crippen LogP contribution in [0.4, 0.5) is 0 Å². The van der Waals surface area contributed by atoms with Crippen LogP contribution in [0.25, 0.3) is 0 Å². The second-order valence-corrected chi connectivity index (χ2v) is 10.5. The van der Waals surface area contributed by atoms with Gasteiger partial charge < -0.3 is 15.3 Å². The van der Waals surface area contributed by atoms with E-state index in [-0.39, 0.29) is 12.3 Å². The van der Waals surface area contributed by atoms with Gasteiger partial charge in [-0.1, -0.05) is 18.9 Å². The van der Waals surface area contributed by atoms with Gasteiger partial charge in [0.1, 0.15) is 4.21 Å². The van der Waals surface area contributed by atoms with E-state index in [4.69, 9.17) is 0 Å². The minimum Gasteiger partial charge on any atom is -0.390 e. The van der Waals surface area contributed by atoms with Crippen molar-refractivity contribution >= 4 is 27.1 Å². The lowest BCUT2D eigenvalue weighted by atomic mass is 9.82. The van der Waals surface area contributed by atoms with Crippen LogP contribution < -0.4 is 5.32 Å². The van der Waals surface area contributed by atoms with Gasteiger partial charge in [0.2, 0.25) is 0 Å². The lowest BCUT2D eigenvalue weighted by molar-refractivity contribution is 0.205. The van der Waals surface area contributed by atoms with Crippen molar-refractivity contribution in [3.05, 3.63) is 17.5 Å². The number of likely N-dealkylation sites (tertiary alicyclic amines) is 1. The van der Waals surface area contributed by atoms with E-state index in [0.717, 1.165) is 37.4 Å². The molecule has 8 heteroatoms. The Hall–Kier alpha value is -1.12. The number of aliphatic imine (C=N–C) groups is 1. The van der Waals surface area contributed by atoms with Gasteiger partial charge in [-0.15, -0.1) is 11.3 Å². The fraction of sp³-hybridized carbons (Fsp3) is 0.722. The van der Waals surface area contributed by atoms with Crippen molar-refractivity contribution in [1.29, 1.82) is 0 Å². The zero-order valence-corrected chi connectivity index (χ0v) is 16.9. The number of aliphatic hydroxyl groups is 1. The number of aliphatic hydroxyl groups excluding tert-OH is 1. The number of hydrogen-bond donors (Lipinski definition) is 2. The van der Waals surface area contributed by atoms with Crippen LogP contribution in [0.2, 0.25) is 0 Å². The Bertz CT molecular complexity index is 689. The molecular weight excluding hydrogens is 370 g/mol. The third-order valence-corrected chi connectivity index (χ3v) is 8.56. The first kappa shape index (κ1) is 19.6. The lowest BCUT2D eigenvalue weighted by Gasteiger charge is -2.22. The first-order chi connectivity index (χ1) is 12.5. The first-order valence-electron chi connectivity index (χ1n) is 9.47. The normalized spacial score (nSPS) is 25.2. The summed E-state index contributed by atoms with van der Waals surface area (Å²) >= 11 is 1.18. The Morgan fingerprint density at radius 1 is 1.38 bits per heavy atom. The molecule has 0 spiro atoms. The number of thiophene rings is 1. The highest BCUT2D eigenvalue weighted by atomic mass is 32.2. The van der Waals surface area contributed by atoms with Gasteiger partial charge in [0.15, 0.2) is 15.8 Å². The van der Waals surface area contributed by atoms with Crippen LogP contribution in [-0.4, -0.2) is 62.4 Å². The van der Waals surface area contributed by atoms with Gasteiger partial charge in [0, 0.05) is 19.6 Å². The van der Waals surface area contributed by atoms with Crippen LogP contribution in [0.5, 0.6) is 0 Å². The molecule has 0 bridgehead atoms. The molecule has 3 atom stereocenters. The van der Waals surface area contributed by atoms with E-state index in [0.29, 0.717) is 4.21 Å². The van der Waals surface area contributed by atoms with Gasteiger partial charge in [-0.2, -0.15) is 0 Å². The molecule has 2 N–H and O–H groups in total. The Balaban J connectivity index is 1.60. The van der Waals surface area contributed by atoms with Crippen molar-refractivity contribution in [3.63, 3.8) is 0 Å². The van der Waals surface area contributed by atoms with Gasteiger partial charge in [0.05, 0.1) is 18.4 Å². The lowest BCUT2D eigenvalue weighted by Crippen LogP contribution is -2.41. The molecular formula is C18H29N3O3S2. The summed E-state index contributed by atoms with van der Waals surface area (Å²) in [5, 5.41) is 15.2. The summed E-state index contributed by atoms with van der Waals surface area (Å²) in [6.45, 7) is 4.91. The summed E-state index contributed by atoms with van der Waals surface area (Å²) in [6.07, 6.45) is 4.23. The van der Waals surface area contributed by atoms with E-state index in [1.165, 1.54) is 37.0 Å². The number of fused-ring (bicyclic) bond motifs is 1. The smallest absolute Gasteiger partial charge is 0.194 e. The quantitative estimate of drug-likeness (QED) is 0.565. The Morgan fingerprint density at radius 2 is 2.08 bits per heavy atom. The molecule has 6 nitrogen and oxygen atoms in total. The molecule has 1 aromatic heterocycles. The van der Waals surface area contributed by atoms with Gasteiger partial charge >= 0.3 is 0 Å². The molecule has 1 aromatic rings. The molecule has 1 saturated carbocycles. The van der Waals surface area contributed by atoms with Crippen LogP contribution in [0, 0.1) is 11.8 Å². The van der Waals surface area contributed by atoms with E-state index in [1.807, 2.05) is 6.92 Å². The molecule has 2 aliphatic rings. The standard InChI is InChI=1S/C18H29N3O3S2/c1-2-19-18(21-11-14-6-3-4-7-15(14)12-21)20-10-16(22)13-26(23,24)17-8-5-9-25-17/h5,8-9,14-16,22H,2-4,6-7,10-13H2,1H3,(H,19,20). The maximum absolute atomic E-state index is 12.3. The van der Waals surface area contributed by atoms with Gasteiger partial charge in [-0.25, -0.2) is 8.42 Å². The average molecular weight is 400 g/mol. The summed E-state index contributed by atoms with van der Waals surface area (Å²) in [5.41, 5.74) is 0. The van der Waals surface area contributed by atoms with Crippen molar-refractivity contribution in [1.82, 2.24) is 10.2 Å². The summed E-state index contributed by atoms with van der Waals surface area (Å²) in [5.74, 6) is 2.00. The van der Waals surface area contributed by atoms with E-state index in [2.05, 4.69) is 15.2 Å². The predicted molar refractivity (Wildman–Crippen MR) is 105 cm³/mol. The third kappa shape index (κ3) is 4.78. The van der Waals surface area contributed by atoms with E-state index in [9.17, 15) is 13.5 Å². The van der Waals surface area contributed by atoms with Crippen LogP contribution >= 0.6 is 11.3 Å². The van der Waals surface area contributed by atoms with Crippen LogP contribution in [0.3, 0.4) is 0 Å². The molecule has 3 rings (SSSR count). The molecule has 1 saturated heterocycles. The largest absolute Gasteiger partial charge is 0.390 e. The number of rotatable bonds is 6. The Morgan fingerprint density at radius 3 is 2.65 bits per heavy atom. The maximum Gasteiger partial charge on any atom is 0.194 e. The SMILES string of the molecule is CCNC(=NCC(O)CS(=O)(=O)c1cccs1)N1CC2CCCCC2C1. The molecule has 0 amide bonds.